The van der Waals surface area contributed by atoms with Gasteiger partial charge in [-0.15, -0.1) is 0 Å². The van der Waals surface area contributed by atoms with E-state index in [0.29, 0.717) is 30.0 Å². The molecule has 7 heteroatoms. The zero-order valence-electron chi connectivity index (χ0n) is 13.4. The molecule has 1 fully saturated rings. The molecule has 2 atom stereocenters. The number of halogens is 1. The summed E-state index contributed by atoms with van der Waals surface area (Å²) in [7, 11) is 0. The molecule has 0 bridgehead atoms. The van der Waals surface area contributed by atoms with Crippen molar-refractivity contribution in [3.8, 4) is 0 Å². The van der Waals surface area contributed by atoms with Gasteiger partial charge in [0.1, 0.15) is 5.82 Å². The van der Waals surface area contributed by atoms with Crippen LogP contribution in [0.2, 0.25) is 0 Å². The summed E-state index contributed by atoms with van der Waals surface area (Å²) in [5, 5.41) is 8.57. The Bertz CT molecular complexity index is 845. The Morgan fingerprint density at radius 1 is 1.12 bits per heavy atom. The third kappa shape index (κ3) is 2.57. The van der Waals surface area contributed by atoms with E-state index >= 15 is 0 Å². The van der Waals surface area contributed by atoms with Crippen LogP contribution in [0.25, 0.3) is 11.4 Å². The molecule has 1 amide bonds. The van der Waals surface area contributed by atoms with E-state index in [1.54, 1.807) is 36.7 Å². The van der Waals surface area contributed by atoms with Gasteiger partial charge in [-0.1, -0.05) is 9.71 Å². The summed E-state index contributed by atoms with van der Waals surface area (Å²) in [6.07, 6.45) is 5.22. The Balaban J connectivity index is 1.93. The summed E-state index contributed by atoms with van der Waals surface area (Å²) in [6.45, 7) is 0.587. The van der Waals surface area contributed by atoms with Gasteiger partial charge < -0.3 is 4.74 Å². The van der Waals surface area contributed by atoms with Crippen molar-refractivity contribution in [2.75, 3.05) is 6.61 Å². The minimum absolute atomic E-state index is 0.333. The van der Waals surface area contributed by atoms with Crippen LogP contribution < -0.4 is 0 Å². The lowest BCUT2D eigenvalue weighted by atomic mass is 10.0. The van der Waals surface area contributed by atoms with Crippen LogP contribution in [-0.4, -0.2) is 28.8 Å². The van der Waals surface area contributed by atoms with E-state index in [2.05, 4.69) is 15.3 Å². The number of carbonyl (C=O) groups excluding carboxylic acids is 1. The average molecular weight is 339 g/mol. The standard InChI is InChI=1S/C18H16FN4O2/c19-15-5-3-13(4-6-15)17-18(14-7-9-20-10-8-14)23(12-24,22-21-17)16-2-1-11-25-16/h3-10,12,16H,1-2,11H2/q+1. The summed E-state index contributed by atoms with van der Waals surface area (Å²) in [5.74, 6) is -0.333. The van der Waals surface area contributed by atoms with Crippen molar-refractivity contribution in [3.63, 3.8) is 0 Å². The molecule has 6 nitrogen and oxygen atoms in total. The van der Waals surface area contributed by atoms with Gasteiger partial charge in [-0.3, -0.25) is 4.98 Å². The molecule has 0 N–H and O–H groups in total. The molecular weight excluding hydrogens is 323 g/mol. The molecule has 1 aromatic heterocycles. The molecule has 0 aliphatic carbocycles. The second-order valence-corrected chi connectivity index (χ2v) is 5.94. The second-order valence-electron chi connectivity index (χ2n) is 5.94. The van der Waals surface area contributed by atoms with Crippen molar-refractivity contribution in [3.05, 3.63) is 65.7 Å². The number of ether oxygens (including phenoxy) is 1. The van der Waals surface area contributed by atoms with Gasteiger partial charge in [0, 0.05) is 35.2 Å². The van der Waals surface area contributed by atoms with Crippen molar-refractivity contribution in [1.82, 2.24) is 4.98 Å². The van der Waals surface area contributed by atoms with Crippen LogP contribution in [0, 0.1) is 5.82 Å². The number of amides is 1. The fourth-order valence-electron chi connectivity index (χ4n) is 3.25. The van der Waals surface area contributed by atoms with Crippen LogP contribution in [0.1, 0.15) is 24.0 Å². The first-order chi connectivity index (χ1) is 12.2. The Morgan fingerprint density at radius 3 is 2.52 bits per heavy atom. The summed E-state index contributed by atoms with van der Waals surface area (Å²) < 4.78 is 18.7. The Labute approximate surface area is 143 Å². The van der Waals surface area contributed by atoms with Gasteiger partial charge in [-0.25, -0.2) is 9.18 Å². The van der Waals surface area contributed by atoms with Crippen molar-refractivity contribution in [2.45, 2.75) is 19.1 Å². The van der Waals surface area contributed by atoms with Gasteiger partial charge >= 0.3 is 6.41 Å². The van der Waals surface area contributed by atoms with Gasteiger partial charge in [0.05, 0.1) is 6.61 Å². The topological polar surface area (TPSA) is 63.9 Å². The third-order valence-electron chi connectivity index (χ3n) is 4.45. The normalized spacial score (nSPS) is 25.6. The van der Waals surface area contributed by atoms with Crippen LogP contribution in [0.3, 0.4) is 0 Å². The number of pyridine rings is 1. The van der Waals surface area contributed by atoms with E-state index in [1.807, 2.05) is 0 Å². The molecule has 126 valence electrons. The van der Waals surface area contributed by atoms with Crippen LogP contribution in [-0.2, 0) is 9.53 Å². The molecule has 0 saturated carbocycles. The zero-order valence-corrected chi connectivity index (χ0v) is 13.4. The Kier molecular flexibility index (Phi) is 3.95. The van der Waals surface area contributed by atoms with E-state index in [9.17, 15) is 9.18 Å². The molecule has 2 aliphatic rings. The van der Waals surface area contributed by atoms with Gasteiger partial charge in [-0.2, -0.15) is 0 Å². The number of aromatic nitrogens is 1. The van der Waals surface area contributed by atoms with E-state index in [0.717, 1.165) is 18.4 Å². The minimum Gasteiger partial charge on any atom is -0.326 e. The highest BCUT2D eigenvalue weighted by atomic mass is 19.1. The minimum atomic E-state index is -0.414. The van der Waals surface area contributed by atoms with Gasteiger partial charge in [0.25, 0.3) is 0 Å². The summed E-state index contributed by atoms with van der Waals surface area (Å²) in [4.78, 5) is 16.2. The van der Waals surface area contributed by atoms with E-state index in [4.69, 9.17) is 4.74 Å². The predicted molar refractivity (Wildman–Crippen MR) is 87.6 cm³/mol. The smallest absolute Gasteiger partial charge is 0.326 e. The number of hydrogen-bond acceptors (Lipinski definition) is 5. The van der Waals surface area contributed by atoms with Crippen molar-refractivity contribution in [2.24, 2.45) is 10.3 Å². The highest BCUT2D eigenvalue weighted by Gasteiger charge is 2.51. The molecule has 3 heterocycles. The lowest BCUT2D eigenvalue weighted by Crippen LogP contribution is -2.47. The average Bonchev–Trinajstić information content (AvgIpc) is 3.31. The van der Waals surface area contributed by atoms with Crippen molar-refractivity contribution >= 4 is 17.8 Å². The number of carbonyl (C=O) groups is 1. The fraction of sp³-hybridized carbons (Fsp3) is 0.222. The quantitative estimate of drug-likeness (QED) is 0.632. The fourth-order valence-corrected chi connectivity index (χ4v) is 3.25. The molecule has 1 aromatic carbocycles. The monoisotopic (exact) mass is 339 g/mol. The molecule has 2 aliphatic heterocycles. The number of benzene rings is 1. The first-order valence-corrected chi connectivity index (χ1v) is 8.05. The molecular formula is C18H16FN4O2+. The number of hydrogen-bond donors (Lipinski definition) is 0. The second kappa shape index (κ2) is 6.27. The maximum absolute atomic E-state index is 13.3. The molecule has 0 radical (unpaired) electrons. The van der Waals surface area contributed by atoms with E-state index in [1.165, 1.54) is 12.1 Å². The zero-order chi connectivity index (χ0) is 17.3. The van der Waals surface area contributed by atoms with Crippen LogP contribution in [0.15, 0.2) is 59.1 Å². The molecule has 4 rings (SSSR count). The Morgan fingerprint density at radius 2 is 1.88 bits per heavy atom. The lowest BCUT2D eigenvalue weighted by Gasteiger charge is -2.27. The number of nitrogens with zero attached hydrogens (tertiary/aromatic N) is 4. The molecule has 2 aromatic rings. The van der Waals surface area contributed by atoms with Crippen LogP contribution in [0.5, 0.6) is 0 Å². The maximum atomic E-state index is 13.3. The van der Waals surface area contributed by atoms with Gasteiger partial charge in [-0.05, 0) is 42.8 Å². The highest BCUT2D eigenvalue weighted by molar-refractivity contribution is 5.89. The summed E-state index contributed by atoms with van der Waals surface area (Å²) in [6, 6.07) is 9.60. The van der Waals surface area contributed by atoms with Gasteiger partial charge in [0.15, 0.2) is 5.70 Å². The molecule has 1 saturated heterocycles. The third-order valence-corrected chi connectivity index (χ3v) is 4.45. The predicted octanol–water partition coefficient (Wildman–Crippen LogP) is 3.54. The molecule has 25 heavy (non-hydrogen) atoms. The SMILES string of the molecule is O=C[N+]1(C2CCCO2)N=NC(c2ccc(F)cc2)=C1c1ccncc1. The lowest BCUT2D eigenvalue weighted by molar-refractivity contribution is -0.834. The van der Waals surface area contributed by atoms with Crippen molar-refractivity contribution < 1.29 is 18.5 Å². The first kappa shape index (κ1) is 15.7. The maximum Gasteiger partial charge on any atom is 0.336 e. The molecule has 2 unspecified atom stereocenters. The van der Waals surface area contributed by atoms with Gasteiger partial charge in [0.2, 0.25) is 11.9 Å². The highest BCUT2D eigenvalue weighted by Crippen LogP contribution is 2.44. The molecule has 0 spiro atoms. The van der Waals surface area contributed by atoms with Crippen molar-refractivity contribution in [1.29, 1.82) is 0 Å². The number of quaternary nitrogens is 1. The van der Waals surface area contributed by atoms with Crippen LogP contribution >= 0.6 is 0 Å². The first-order valence-electron chi connectivity index (χ1n) is 8.05. The number of rotatable bonds is 4. The largest absolute Gasteiger partial charge is 0.336 e. The summed E-state index contributed by atoms with van der Waals surface area (Å²) >= 11 is 0. The Hall–Kier alpha value is -2.77. The van der Waals surface area contributed by atoms with E-state index in [-0.39, 0.29) is 10.4 Å². The van der Waals surface area contributed by atoms with Crippen LogP contribution in [0.4, 0.5) is 4.39 Å². The van der Waals surface area contributed by atoms with E-state index < -0.39 is 6.23 Å². The summed E-state index contributed by atoms with van der Waals surface area (Å²) in [5.41, 5.74) is 2.63.